The Morgan fingerprint density at radius 3 is 1.52 bits per heavy atom. The molecule has 0 N–H and O–H groups in total. The van der Waals surface area contributed by atoms with Gasteiger partial charge in [0.2, 0.25) is 0 Å². The van der Waals surface area contributed by atoms with Crippen LogP contribution in [0.15, 0.2) is 205 Å². The van der Waals surface area contributed by atoms with Crippen molar-refractivity contribution in [3.05, 3.63) is 200 Å². The number of benzene rings is 9. The van der Waals surface area contributed by atoms with Crippen molar-refractivity contribution >= 4 is 60.5 Å². The lowest BCUT2D eigenvalue weighted by Crippen LogP contribution is -2.11. The zero-order valence-electron chi connectivity index (χ0n) is 28.4. The van der Waals surface area contributed by atoms with Gasteiger partial charge in [0, 0.05) is 27.7 Å². The Morgan fingerprint density at radius 1 is 0.327 bits per heavy atom. The largest absolute Gasteiger partial charge is 0.456 e. The van der Waals surface area contributed by atoms with E-state index in [0.29, 0.717) is 0 Å². The van der Waals surface area contributed by atoms with Gasteiger partial charge in [-0.2, -0.15) is 0 Å². The van der Waals surface area contributed by atoms with E-state index < -0.39 is 0 Å². The second-order valence-corrected chi connectivity index (χ2v) is 13.3. The number of hydrogen-bond acceptors (Lipinski definition) is 2. The van der Waals surface area contributed by atoms with Crippen LogP contribution in [0.25, 0.3) is 76.9 Å². The lowest BCUT2D eigenvalue weighted by Gasteiger charge is -2.29. The molecule has 10 rings (SSSR count). The molecule has 0 spiro atoms. The molecule has 0 radical (unpaired) electrons. The highest BCUT2D eigenvalue weighted by molar-refractivity contribution is 6.17. The van der Waals surface area contributed by atoms with Crippen molar-refractivity contribution in [1.29, 1.82) is 0 Å². The highest BCUT2D eigenvalue weighted by Gasteiger charge is 2.23. The summed E-state index contributed by atoms with van der Waals surface area (Å²) in [5, 5.41) is 7.18. The molecule has 9 aromatic carbocycles. The molecule has 0 bridgehead atoms. The van der Waals surface area contributed by atoms with E-state index in [1.54, 1.807) is 0 Å². The first kappa shape index (κ1) is 30.0. The van der Waals surface area contributed by atoms with Crippen LogP contribution in [-0.4, -0.2) is 0 Å². The summed E-state index contributed by atoms with van der Waals surface area (Å²) in [6, 6.07) is 71.7. The summed E-state index contributed by atoms with van der Waals surface area (Å²) in [4.78, 5) is 2.39. The normalized spacial score (nSPS) is 11.5. The minimum atomic E-state index is 0.873. The fourth-order valence-corrected chi connectivity index (χ4v) is 7.75. The molecule has 0 atom stereocenters. The van der Waals surface area contributed by atoms with Gasteiger partial charge in [0.05, 0.1) is 5.69 Å². The van der Waals surface area contributed by atoms with E-state index in [1.807, 2.05) is 6.07 Å². The molecule has 244 valence electrons. The fraction of sp³-hybridized carbons (Fsp3) is 0. The Hall–Kier alpha value is -6.90. The molecule has 52 heavy (non-hydrogen) atoms. The van der Waals surface area contributed by atoms with E-state index >= 15 is 0 Å². The van der Waals surface area contributed by atoms with E-state index in [4.69, 9.17) is 4.42 Å². The van der Waals surface area contributed by atoms with Gasteiger partial charge in [-0.3, -0.25) is 0 Å². The van der Waals surface area contributed by atoms with Crippen LogP contribution in [0.1, 0.15) is 0 Å². The fourth-order valence-electron chi connectivity index (χ4n) is 7.75. The smallest absolute Gasteiger partial charge is 0.136 e. The summed E-state index contributed by atoms with van der Waals surface area (Å²) in [5.74, 6) is 0. The van der Waals surface area contributed by atoms with E-state index in [1.165, 1.54) is 43.8 Å². The number of para-hydroxylation sites is 1. The summed E-state index contributed by atoms with van der Waals surface area (Å²) in [6.07, 6.45) is 0. The number of furan rings is 1. The van der Waals surface area contributed by atoms with Crippen molar-refractivity contribution in [3.63, 3.8) is 0 Å². The second kappa shape index (κ2) is 12.5. The molecular formula is C50H33NO. The Balaban J connectivity index is 1.23. The molecule has 0 aliphatic rings. The number of hydrogen-bond donors (Lipinski definition) is 0. The minimum Gasteiger partial charge on any atom is -0.456 e. The monoisotopic (exact) mass is 663 g/mol. The third-order valence-corrected chi connectivity index (χ3v) is 10.3. The van der Waals surface area contributed by atoms with Crippen molar-refractivity contribution < 1.29 is 4.42 Å². The van der Waals surface area contributed by atoms with Gasteiger partial charge in [0.25, 0.3) is 0 Å². The van der Waals surface area contributed by atoms with Gasteiger partial charge in [-0.1, -0.05) is 152 Å². The molecule has 0 amide bonds. The molecule has 0 aliphatic heterocycles. The maximum absolute atomic E-state index is 6.52. The predicted octanol–water partition coefficient (Wildman–Crippen LogP) is 14.4. The number of anilines is 3. The molecule has 0 saturated heterocycles. The Bertz CT molecular complexity index is 2790. The molecule has 2 heteroatoms. The van der Waals surface area contributed by atoms with E-state index in [-0.39, 0.29) is 0 Å². The SMILES string of the molecule is c1ccc(-c2ccc(N(c3ccc(-c4ccccc4)cc3)c3ccc4oc5ccccc5c4c3-c3ccc4c(ccc5ccccc54)c3)cc2)cc1. The van der Waals surface area contributed by atoms with Gasteiger partial charge in [-0.25, -0.2) is 0 Å². The number of fused-ring (bicyclic) bond motifs is 6. The average molecular weight is 664 g/mol. The van der Waals surface area contributed by atoms with E-state index in [9.17, 15) is 0 Å². The van der Waals surface area contributed by atoms with Crippen molar-refractivity contribution in [2.75, 3.05) is 4.90 Å². The minimum absolute atomic E-state index is 0.873. The van der Waals surface area contributed by atoms with Crippen LogP contribution in [0.3, 0.4) is 0 Å². The van der Waals surface area contributed by atoms with Crippen molar-refractivity contribution in [3.8, 4) is 33.4 Å². The van der Waals surface area contributed by atoms with Crippen molar-refractivity contribution in [2.24, 2.45) is 0 Å². The van der Waals surface area contributed by atoms with E-state index in [0.717, 1.165) is 50.1 Å². The summed E-state index contributed by atoms with van der Waals surface area (Å²) < 4.78 is 6.52. The first-order valence-electron chi connectivity index (χ1n) is 17.8. The van der Waals surface area contributed by atoms with Gasteiger partial charge in [0.1, 0.15) is 11.2 Å². The average Bonchev–Trinajstić information content (AvgIpc) is 3.61. The molecule has 10 aromatic rings. The summed E-state index contributed by atoms with van der Waals surface area (Å²) in [6.45, 7) is 0. The molecule has 0 aliphatic carbocycles. The van der Waals surface area contributed by atoms with Crippen LogP contribution in [0.4, 0.5) is 17.1 Å². The third-order valence-electron chi connectivity index (χ3n) is 10.3. The van der Waals surface area contributed by atoms with Gasteiger partial charge in [-0.15, -0.1) is 0 Å². The Kier molecular flexibility index (Phi) is 7.18. The number of nitrogens with zero attached hydrogens (tertiary/aromatic N) is 1. The van der Waals surface area contributed by atoms with E-state index in [2.05, 4.69) is 199 Å². The highest BCUT2D eigenvalue weighted by Crippen LogP contribution is 2.48. The lowest BCUT2D eigenvalue weighted by molar-refractivity contribution is 0.669. The maximum atomic E-state index is 6.52. The standard InChI is InChI=1S/C50H33NO/c1-3-11-34(12-4-1)36-21-26-41(27-22-36)51(42-28-23-37(24-29-42)35-13-5-2-6-14-35)46-31-32-48-50(45-17-9-10-18-47(45)52-48)49(46)40-25-30-44-39(33-40)20-19-38-15-7-8-16-43(38)44/h1-33H. The van der Waals surface area contributed by atoms with Crippen LogP contribution >= 0.6 is 0 Å². The Morgan fingerprint density at radius 2 is 0.846 bits per heavy atom. The first-order chi connectivity index (χ1) is 25.8. The molecule has 1 heterocycles. The summed E-state index contributed by atoms with van der Waals surface area (Å²) in [5.41, 5.74) is 12.0. The van der Waals surface area contributed by atoms with Crippen LogP contribution in [0.5, 0.6) is 0 Å². The quantitative estimate of drug-likeness (QED) is 0.165. The summed E-state index contributed by atoms with van der Waals surface area (Å²) >= 11 is 0. The molecule has 0 saturated carbocycles. The highest BCUT2D eigenvalue weighted by atomic mass is 16.3. The van der Waals surface area contributed by atoms with Gasteiger partial charge in [-0.05, 0) is 97.9 Å². The number of rotatable bonds is 6. The Labute approximate surface area is 302 Å². The van der Waals surface area contributed by atoms with Crippen molar-refractivity contribution in [1.82, 2.24) is 0 Å². The maximum Gasteiger partial charge on any atom is 0.136 e. The molecule has 2 nitrogen and oxygen atoms in total. The zero-order valence-corrected chi connectivity index (χ0v) is 28.4. The van der Waals surface area contributed by atoms with Crippen LogP contribution in [-0.2, 0) is 0 Å². The van der Waals surface area contributed by atoms with Gasteiger partial charge in [0.15, 0.2) is 0 Å². The summed E-state index contributed by atoms with van der Waals surface area (Å²) in [7, 11) is 0. The van der Waals surface area contributed by atoms with Gasteiger partial charge >= 0.3 is 0 Å². The van der Waals surface area contributed by atoms with Gasteiger partial charge < -0.3 is 9.32 Å². The molecule has 0 fully saturated rings. The molecule has 1 aromatic heterocycles. The van der Waals surface area contributed by atoms with Crippen LogP contribution in [0, 0.1) is 0 Å². The third kappa shape index (κ3) is 5.12. The topological polar surface area (TPSA) is 16.4 Å². The molecule has 0 unspecified atom stereocenters. The van der Waals surface area contributed by atoms with Crippen LogP contribution < -0.4 is 4.90 Å². The first-order valence-corrected chi connectivity index (χ1v) is 17.8. The van der Waals surface area contributed by atoms with Crippen LogP contribution in [0.2, 0.25) is 0 Å². The molecular weight excluding hydrogens is 631 g/mol. The second-order valence-electron chi connectivity index (χ2n) is 13.3. The lowest BCUT2D eigenvalue weighted by atomic mass is 9.93. The van der Waals surface area contributed by atoms with Crippen molar-refractivity contribution in [2.45, 2.75) is 0 Å². The predicted molar refractivity (Wildman–Crippen MR) is 220 cm³/mol. The zero-order chi connectivity index (χ0) is 34.4.